The zero-order valence-electron chi connectivity index (χ0n) is 10.8. The Balaban J connectivity index is 3.95. The molecule has 3 nitrogen and oxygen atoms in total. The fraction of sp³-hybridized carbons (Fsp3) is 0.917. The van der Waals surface area contributed by atoms with Gasteiger partial charge in [0.2, 0.25) is 0 Å². The molecule has 0 aromatic carbocycles. The van der Waals surface area contributed by atoms with Gasteiger partial charge in [-0.05, 0) is 31.7 Å². The first kappa shape index (κ1) is 14.4. The zero-order valence-corrected chi connectivity index (χ0v) is 10.8. The van der Waals surface area contributed by atoms with E-state index in [1.807, 2.05) is 0 Å². The normalized spacial score (nSPS) is 15.1. The highest BCUT2D eigenvalue weighted by Gasteiger charge is 2.27. The van der Waals surface area contributed by atoms with Crippen LogP contribution in [-0.2, 0) is 4.79 Å². The van der Waals surface area contributed by atoms with Crippen LogP contribution in [-0.4, -0.2) is 24.2 Å². The van der Waals surface area contributed by atoms with Crippen molar-refractivity contribution < 1.29 is 9.90 Å². The van der Waals surface area contributed by atoms with Crippen LogP contribution in [0.4, 0.5) is 0 Å². The van der Waals surface area contributed by atoms with Crippen molar-refractivity contribution in [1.29, 1.82) is 0 Å². The van der Waals surface area contributed by atoms with Gasteiger partial charge in [-0.15, -0.1) is 0 Å². The maximum Gasteiger partial charge on any atom is 0.310 e. The summed E-state index contributed by atoms with van der Waals surface area (Å²) in [4.78, 5) is 10.9. The molecule has 3 heteroatoms. The van der Waals surface area contributed by atoms with Gasteiger partial charge in [0.1, 0.15) is 0 Å². The molecule has 0 rings (SSSR count). The lowest BCUT2D eigenvalue weighted by molar-refractivity contribution is -0.146. The van der Waals surface area contributed by atoms with Crippen LogP contribution in [0.2, 0.25) is 0 Å². The Bertz CT molecular complexity index is 216. The molecule has 0 amide bonds. The van der Waals surface area contributed by atoms with Crippen molar-refractivity contribution in [1.82, 2.24) is 5.32 Å². The molecule has 0 spiro atoms. The Hall–Kier alpha value is -0.570. The molecule has 0 radical (unpaired) electrons. The van der Waals surface area contributed by atoms with Gasteiger partial charge in [0.05, 0.1) is 5.41 Å². The second-order valence-electron chi connectivity index (χ2n) is 6.09. The van der Waals surface area contributed by atoms with Crippen LogP contribution in [0, 0.1) is 16.7 Å². The smallest absolute Gasteiger partial charge is 0.310 e. The summed E-state index contributed by atoms with van der Waals surface area (Å²) >= 11 is 0. The van der Waals surface area contributed by atoms with E-state index in [1.165, 1.54) is 0 Å². The molecule has 0 aliphatic heterocycles. The van der Waals surface area contributed by atoms with E-state index in [2.05, 4.69) is 33.0 Å². The molecule has 0 fully saturated rings. The van der Waals surface area contributed by atoms with Crippen LogP contribution < -0.4 is 5.32 Å². The Morgan fingerprint density at radius 1 is 1.27 bits per heavy atom. The van der Waals surface area contributed by atoms with Crippen LogP contribution >= 0.6 is 0 Å². The van der Waals surface area contributed by atoms with Crippen LogP contribution in [0.5, 0.6) is 0 Å². The summed E-state index contributed by atoms with van der Waals surface area (Å²) in [7, 11) is 0. The lowest BCUT2D eigenvalue weighted by atomic mass is 9.82. The van der Waals surface area contributed by atoms with E-state index in [-0.39, 0.29) is 5.41 Å². The molecule has 0 bridgehead atoms. The van der Waals surface area contributed by atoms with Gasteiger partial charge in [0.15, 0.2) is 0 Å². The van der Waals surface area contributed by atoms with Gasteiger partial charge in [0.25, 0.3) is 0 Å². The van der Waals surface area contributed by atoms with Crippen molar-refractivity contribution in [3.8, 4) is 0 Å². The van der Waals surface area contributed by atoms with E-state index in [0.29, 0.717) is 12.5 Å². The van der Waals surface area contributed by atoms with Gasteiger partial charge in [-0.1, -0.05) is 27.7 Å². The van der Waals surface area contributed by atoms with Crippen LogP contribution in [0.1, 0.15) is 41.5 Å². The van der Waals surface area contributed by atoms with E-state index < -0.39 is 11.4 Å². The fourth-order valence-corrected chi connectivity index (χ4v) is 0.983. The minimum absolute atomic E-state index is 0.264. The van der Waals surface area contributed by atoms with E-state index in [1.54, 1.807) is 13.8 Å². The number of hydrogen-bond acceptors (Lipinski definition) is 2. The third kappa shape index (κ3) is 5.17. The lowest BCUT2D eigenvalue weighted by Crippen LogP contribution is -2.39. The van der Waals surface area contributed by atoms with Gasteiger partial charge < -0.3 is 10.4 Å². The van der Waals surface area contributed by atoms with Crippen molar-refractivity contribution in [2.45, 2.75) is 41.5 Å². The summed E-state index contributed by atoms with van der Waals surface area (Å²) in [5, 5.41) is 12.2. The average Bonchev–Trinajstić information content (AvgIpc) is 2.01. The SMILES string of the molecule is CC(CNCC(C)(C)C(=O)O)C(C)(C)C. The molecule has 0 saturated carbocycles. The highest BCUT2D eigenvalue weighted by atomic mass is 16.4. The standard InChI is InChI=1S/C12H25NO2/c1-9(11(2,3)4)7-13-8-12(5,6)10(14)15/h9,13H,7-8H2,1-6H3,(H,14,15). The van der Waals surface area contributed by atoms with E-state index >= 15 is 0 Å². The second kappa shape index (κ2) is 4.97. The predicted molar refractivity (Wildman–Crippen MR) is 62.9 cm³/mol. The number of rotatable bonds is 5. The number of carbonyl (C=O) groups is 1. The van der Waals surface area contributed by atoms with Gasteiger partial charge in [-0.3, -0.25) is 4.79 Å². The highest BCUT2D eigenvalue weighted by Crippen LogP contribution is 2.24. The van der Waals surface area contributed by atoms with Crippen molar-refractivity contribution in [3.63, 3.8) is 0 Å². The van der Waals surface area contributed by atoms with Gasteiger partial charge in [0, 0.05) is 6.54 Å². The van der Waals surface area contributed by atoms with E-state index in [9.17, 15) is 4.79 Å². The topological polar surface area (TPSA) is 49.3 Å². The molecule has 0 aromatic heterocycles. The van der Waals surface area contributed by atoms with E-state index in [0.717, 1.165) is 6.54 Å². The minimum Gasteiger partial charge on any atom is -0.481 e. The van der Waals surface area contributed by atoms with Crippen LogP contribution in [0.3, 0.4) is 0 Å². The Kier molecular flexibility index (Phi) is 4.78. The zero-order chi connectivity index (χ0) is 12.3. The maximum absolute atomic E-state index is 10.9. The van der Waals surface area contributed by atoms with Gasteiger partial charge in [-0.25, -0.2) is 0 Å². The fourth-order valence-electron chi connectivity index (χ4n) is 0.983. The molecule has 0 aliphatic carbocycles. The summed E-state index contributed by atoms with van der Waals surface area (Å²) in [5.74, 6) is -0.222. The van der Waals surface area contributed by atoms with Gasteiger partial charge >= 0.3 is 5.97 Å². The largest absolute Gasteiger partial charge is 0.481 e. The first-order chi connectivity index (χ1) is 6.57. The first-order valence-electron chi connectivity index (χ1n) is 5.51. The lowest BCUT2D eigenvalue weighted by Gasteiger charge is -2.29. The third-order valence-corrected chi connectivity index (χ3v) is 3.07. The molecule has 1 unspecified atom stereocenters. The summed E-state index contributed by atoms with van der Waals surface area (Å²) in [6.45, 7) is 13.6. The second-order valence-corrected chi connectivity index (χ2v) is 6.09. The monoisotopic (exact) mass is 215 g/mol. The number of hydrogen-bond donors (Lipinski definition) is 2. The summed E-state index contributed by atoms with van der Waals surface area (Å²) in [6, 6.07) is 0. The predicted octanol–water partition coefficient (Wildman–Crippen LogP) is 2.37. The van der Waals surface area contributed by atoms with Gasteiger partial charge in [-0.2, -0.15) is 0 Å². The van der Waals surface area contributed by atoms with Crippen LogP contribution in [0.15, 0.2) is 0 Å². The van der Waals surface area contributed by atoms with Crippen LogP contribution in [0.25, 0.3) is 0 Å². The number of nitrogens with one attached hydrogen (secondary N) is 1. The third-order valence-electron chi connectivity index (χ3n) is 3.07. The molecule has 2 N–H and O–H groups in total. The first-order valence-corrected chi connectivity index (χ1v) is 5.51. The molecule has 1 atom stereocenters. The molecule has 0 heterocycles. The van der Waals surface area contributed by atoms with Crippen molar-refractivity contribution in [2.75, 3.05) is 13.1 Å². The maximum atomic E-state index is 10.9. The molecule has 0 aromatic rings. The van der Waals surface area contributed by atoms with Crippen molar-refractivity contribution in [3.05, 3.63) is 0 Å². The number of aliphatic carboxylic acids is 1. The Labute approximate surface area is 93.3 Å². The Morgan fingerprint density at radius 3 is 2.07 bits per heavy atom. The van der Waals surface area contributed by atoms with Crippen molar-refractivity contribution >= 4 is 5.97 Å². The van der Waals surface area contributed by atoms with Crippen molar-refractivity contribution in [2.24, 2.45) is 16.7 Å². The molecular formula is C12H25NO2. The molecule has 90 valence electrons. The number of carboxylic acids is 1. The average molecular weight is 215 g/mol. The summed E-state index contributed by atoms with van der Waals surface area (Å²) in [5.41, 5.74) is -0.419. The molecular weight excluding hydrogens is 190 g/mol. The molecule has 0 aliphatic rings. The highest BCUT2D eigenvalue weighted by molar-refractivity contribution is 5.73. The Morgan fingerprint density at radius 2 is 1.73 bits per heavy atom. The summed E-state index contributed by atoms with van der Waals surface area (Å²) < 4.78 is 0. The summed E-state index contributed by atoms with van der Waals surface area (Å²) in [6.07, 6.45) is 0. The molecule has 0 saturated heterocycles. The minimum atomic E-state index is -0.751. The van der Waals surface area contributed by atoms with E-state index in [4.69, 9.17) is 5.11 Å². The number of carboxylic acid groups (broad SMARTS) is 1. The molecule has 15 heavy (non-hydrogen) atoms. The quantitative estimate of drug-likeness (QED) is 0.740.